The van der Waals surface area contributed by atoms with Gasteiger partial charge < -0.3 is 10.2 Å². The van der Waals surface area contributed by atoms with Crippen LogP contribution in [0.5, 0.6) is 0 Å². The van der Waals surface area contributed by atoms with Gasteiger partial charge in [-0.15, -0.1) is 0 Å². The number of hydrogen-bond donors (Lipinski definition) is 1. The Bertz CT molecular complexity index is 528. The van der Waals surface area contributed by atoms with Gasteiger partial charge in [0, 0.05) is 35.7 Å². The number of nitrogens with one attached hydrogen (secondary N) is 1. The third-order valence-electron chi connectivity index (χ3n) is 3.38. The molecule has 1 heterocycles. The highest BCUT2D eigenvalue weighted by atomic mass is 127. The Morgan fingerprint density at radius 1 is 1.45 bits per heavy atom. The van der Waals surface area contributed by atoms with Crippen LogP contribution < -0.4 is 10.2 Å². The van der Waals surface area contributed by atoms with Crippen molar-refractivity contribution in [2.24, 2.45) is 0 Å². The van der Waals surface area contributed by atoms with Crippen LogP contribution in [0.1, 0.15) is 19.8 Å². The van der Waals surface area contributed by atoms with Gasteiger partial charge in [0.15, 0.2) is 0 Å². The molecule has 108 valence electrons. The summed E-state index contributed by atoms with van der Waals surface area (Å²) >= 11 is 2.07. The number of carbonyl (C=O) groups is 1. The third-order valence-corrected chi connectivity index (χ3v) is 4.05. The Morgan fingerprint density at radius 3 is 2.65 bits per heavy atom. The van der Waals surface area contributed by atoms with Gasteiger partial charge in [-0.1, -0.05) is 0 Å². The minimum absolute atomic E-state index is 0.0244. The molecule has 20 heavy (non-hydrogen) atoms. The summed E-state index contributed by atoms with van der Waals surface area (Å²) in [6.45, 7) is 2.94. The lowest BCUT2D eigenvalue weighted by molar-refractivity contribution is -0.384. The number of benzene rings is 1. The van der Waals surface area contributed by atoms with E-state index in [4.69, 9.17) is 0 Å². The van der Waals surface area contributed by atoms with Crippen molar-refractivity contribution in [1.82, 2.24) is 5.32 Å². The van der Waals surface area contributed by atoms with E-state index in [0.717, 1.165) is 16.4 Å². The lowest BCUT2D eigenvalue weighted by Gasteiger charge is -2.33. The Morgan fingerprint density at radius 2 is 2.10 bits per heavy atom. The highest BCUT2D eigenvalue weighted by molar-refractivity contribution is 14.1. The summed E-state index contributed by atoms with van der Waals surface area (Å²) in [5, 5.41) is 14.0. The molecule has 1 aliphatic rings. The average molecular weight is 389 g/mol. The van der Waals surface area contributed by atoms with Crippen LogP contribution in [0.3, 0.4) is 0 Å². The summed E-state index contributed by atoms with van der Waals surface area (Å²) in [5.74, 6) is -0.0244. The second-order valence-electron chi connectivity index (χ2n) is 4.85. The monoisotopic (exact) mass is 389 g/mol. The number of nitrogens with zero attached hydrogens (tertiary/aromatic N) is 2. The molecule has 0 unspecified atom stereocenters. The molecule has 0 atom stereocenters. The number of halogens is 1. The average Bonchev–Trinajstić information content (AvgIpc) is 2.39. The summed E-state index contributed by atoms with van der Waals surface area (Å²) in [6, 6.07) is 5.45. The zero-order valence-electron chi connectivity index (χ0n) is 11.1. The smallest absolute Gasteiger partial charge is 0.293 e. The fraction of sp³-hybridized carbons (Fsp3) is 0.462. The molecule has 2 rings (SSSR count). The van der Waals surface area contributed by atoms with Crippen molar-refractivity contribution in [2.45, 2.75) is 25.8 Å². The van der Waals surface area contributed by atoms with E-state index < -0.39 is 0 Å². The van der Waals surface area contributed by atoms with E-state index in [0.29, 0.717) is 18.8 Å². The van der Waals surface area contributed by atoms with Crippen LogP contribution in [0.2, 0.25) is 0 Å². The molecule has 1 N–H and O–H groups in total. The van der Waals surface area contributed by atoms with E-state index in [1.165, 1.54) is 6.92 Å². The molecule has 0 radical (unpaired) electrons. The molecule has 1 amide bonds. The zero-order valence-corrected chi connectivity index (χ0v) is 13.3. The molecule has 6 nitrogen and oxygen atoms in total. The summed E-state index contributed by atoms with van der Waals surface area (Å²) < 4.78 is 0.853. The van der Waals surface area contributed by atoms with Gasteiger partial charge in [-0.3, -0.25) is 14.9 Å². The molecule has 1 saturated heterocycles. The normalized spacial score (nSPS) is 16.0. The Kier molecular flexibility index (Phi) is 4.79. The minimum atomic E-state index is -0.336. The number of amides is 1. The van der Waals surface area contributed by atoms with Crippen molar-refractivity contribution < 1.29 is 9.72 Å². The highest BCUT2D eigenvalue weighted by Gasteiger charge is 2.25. The van der Waals surface area contributed by atoms with Gasteiger partial charge in [0.2, 0.25) is 5.91 Å². The van der Waals surface area contributed by atoms with Crippen LogP contribution in [-0.2, 0) is 4.79 Å². The molecule has 1 aromatic carbocycles. The van der Waals surface area contributed by atoms with Crippen LogP contribution in [0.15, 0.2) is 18.2 Å². The maximum absolute atomic E-state index is 11.1. The predicted octanol–water partition coefficient (Wildman–Crippen LogP) is 2.30. The molecule has 1 aliphatic heterocycles. The SMILES string of the molecule is CC(=O)NC1CCN(c2ccc(I)cc2[N+](=O)[O-])CC1. The van der Waals surface area contributed by atoms with E-state index in [1.54, 1.807) is 12.1 Å². The van der Waals surface area contributed by atoms with Crippen molar-refractivity contribution >= 4 is 39.9 Å². The summed E-state index contributed by atoms with van der Waals surface area (Å²) in [5.41, 5.74) is 0.812. The lowest BCUT2D eigenvalue weighted by atomic mass is 10.0. The van der Waals surface area contributed by atoms with E-state index in [-0.39, 0.29) is 22.6 Å². The molecule has 1 aromatic rings. The number of anilines is 1. The van der Waals surface area contributed by atoms with Crippen molar-refractivity contribution in [3.63, 3.8) is 0 Å². The van der Waals surface area contributed by atoms with Crippen LogP contribution in [0.25, 0.3) is 0 Å². The Balaban J connectivity index is 2.11. The summed E-state index contributed by atoms with van der Waals surface area (Å²) in [4.78, 5) is 23.9. The molecular weight excluding hydrogens is 373 g/mol. The molecule has 7 heteroatoms. The van der Waals surface area contributed by atoms with E-state index in [9.17, 15) is 14.9 Å². The predicted molar refractivity (Wildman–Crippen MR) is 84.9 cm³/mol. The maximum atomic E-state index is 11.1. The second-order valence-corrected chi connectivity index (χ2v) is 6.10. The zero-order chi connectivity index (χ0) is 14.7. The van der Waals surface area contributed by atoms with E-state index in [1.807, 2.05) is 11.0 Å². The van der Waals surface area contributed by atoms with Crippen molar-refractivity contribution in [3.8, 4) is 0 Å². The fourth-order valence-electron chi connectivity index (χ4n) is 2.46. The van der Waals surface area contributed by atoms with Gasteiger partial charge >= 0.3 is 0 Å². The topological polar surface area (TPSA) is 75.5 Å². The number of hydrogen-bond acceptors (Lipinski definition) is 4. The lowest BCUT2D eigenvalue weighted by Crippen LogP contribution is -2.44. The van der Waals surface area contributed by atoms with E-state index in [2.05, 4.69) is 27.9 Å². The molecule has 1 fully saturated rings. The molecule has 0 aromatic heterocycles. The second kappa shape index (κ2) is 6.38. The number of piperidine rings is 1. The molecule has 0 saturated carbocycles. The number of rotatable bonds is 3. The van der Waals surface area contributed by atoms with Crippen molar-refractivity contribution in [3.05, 3.63) is 31.9 Å². The number of carbonyl (C=O) groups excluding carboxylic acids is 1. The number of nitro groups is 1. The van der Waals surface area contributed by atoms with Crippen LogP contribution in [-0.4, -0.2) is 30.0 Å². The quantitative estimate of drug-likeness (QED) is 0.489. The first-order valence-corrected chi connectivity index (χ1v) is 7.51. The summed E-state index contributed by atoms with van der Waals surface area (Å²) in [6.07, 6.45) is 1.62. The van der Waals surface area contributed by atoms with Crippen LogP contribution >= 0.6 is 22.6 Å². The van der Waals surface area contributed by atoms with Gasteiger partial charge in [-0.25, -0.2) is 0 Å². The van der Waals surface area contributed by atoms with Gasteiger partial charge in [0.25, 0.3) is 5.69 Å². The highest BCUT2D eigenvalue weighted by Crippen LogP contribution is 2.31. The first-order valence-electron chi connectivity index (χ1n) is 6.43. The Hall–Kier alpha value is -1.38. The molecular formula is C13H16IN3O3. The van der Waals surface area contributed by atoms with Gasteiger partial charge in [0.1, 0.15) is 5.69 Å². The minimum Gasteiger partial charge on any atom is -0.366 e. The van der Waals surface area contributed by atoms with Crippen LogP contribution in [0, 0.1) is 13.7 Å². The molecule has 0 aliphatic carbocycles. The first-order chi connectivity index (χ1) is 9.47. The number of nitro benzene ring substituents is 1. The van der Waals surface area contributed by atoms with Gasteiger partial charge in [0.05, 0.1) is 4.92 Å². The fourth-order valence-corrected chi connectivity index (χ4v) is 2.94. The third kappa shape index (κ3) is 3.59. The van der Waals surface area contributed by atoms with Gasteiger partial charge in [-0.05, 0) is 47.6 Å². The summed E-state index contributed by atoms with van der Waals surface area (Å²) in [7, 11) is 0. The Labute approximate surface area is 130 Å². The van der Waals surface area contributed by atoms with E-state index >= 15 is 0 Å². The van der Waals surface area contributed by atoms with Crippen LogP contribution in [0.4, 0.5) is 11.4 Å². The van der Waals surface area contributed by atoms with Gasteiger partial charge in [-0.2, -0.15) is 0 Å². The van der Waals surface area contributed by atoms with Crippen molar-refractivity contribution in [2.75, 3.05) is 18.0 Å². The molecule has 0 bridgehead atoms. The largest absolute Gasteiger partial charge is 0.366 e. The molecule has 0 spiro atoms. The standard InChI is InChI=1S/C13H16IN3O3/c1-9(18)15-11-4-6-16(7-5-11)12-3-2-10(14)8-13(12)17(19)20/h2-3,8,11H,4-7H2,1H3,(H,15,18). The van der Waals surface area contributed by atoms with Crippen molar-refractivity contribution in [1.29, 1.82) is 0 Å². The maximum Gasteiger partial charge on any atom is 0.293 e. The first kappa shape index (κ1) is 15.0.